The van der Waals surface area contributed by atoms with Gasteiger partial charge in [0.15, 0.2) is 11.5 Å². The van der Waals surface area contributed by atoms with Crippen molar-refractivity contribution in [1.29, 1.82) is 0 Å². The summed E-state index contributed by atoms with van der Waals surface area (Å²) in [5, 5.41) is 34.0. The number of hydrogen-bond acceptors (Lipinski definition) is 4. The zero-order valence-electron chi connectivity index (χ0n) is 16.9. The van der Waals surface area contributed by atoms with E-state index in [1.807, 2.05) is 12.1 Å². The minimum atomic E-state index is -1.19. The van der Waals surface area contributed by atoms with Crippen molar-refractivity contribution in [3.05, 3.63) is 35.4 Å². The number of phenolic OH excluding ortho intramolecular Hbond substituents is 1. The summed E-state index contributed by atoms with van der Waals surface area (Å²) >= 11 is 0. The molecular weight excluding hydrogens is 354 g/mol. The monoisotopic (exact) mass is 384 g/mol. The van der Waals surface area contributed by atoms with Crippen molar-refractivity contribution < 1.29 is 24.5 Å². The number of likely N-dealkylation sites (tertiary alicyclic amines) is 1. The van der Waals surface area contributed by atoms with Crippen LogP contribution in [-0.2, 0) is 11.8 Å². The number of rotatable bonds is 2. The van der Waals surface area contributed by atoms with Crippen molar-refractivity contribution in [3.8, 4) is 11.5 Å². The first-order chi connectivity index (χ1) is 13.0. The van der Waals surface area contributed by atoms with Crippen molar-refractivity contribution in [2.24, 2.45) is 5.41 Å². The van der Waals surface area contributed by atoms with Gasteiger partial charge in [-0.1, -0.05) is 19.1 Å². The molecule has 2 heterocycles. The van der Waals surface area contributed by atoms with Crippen molar-refractivity contribution in [3.63, 3.8) is 0 Å². The Hall–Kier alpha value is -1.56. The van der Waals surface area contributed by atoms with Gasteiger partial charge in [-0.05, 0) is 37.5 Å². The molecule has 3 aliphatic carbocycles. The Morgan fingerprint density at radius 2 is 1.89 bits per heavy atom. The lowest BCUT2D eigenvalue weighted by molar-refractivity contribution is -0.951. The van der Waals surface area contributed by atoms with E-state index < -0.39 is 22.7 Å². The van der Waals surface area contributed by atoms with E-state index >= 15 is 0 Å². The predicted molar refractivity (Wildman–Crippen MR) is 104 cm³/mol. The maximum absolute atomic E-state index is 12.3. The number of likely N-dealkylation sites (N-methyl/N-ethyl adjacent to an activating group) is 1. The fraction of sp³-hybridized carbons (Fsp3) is 0.652. The van der Waals surface area contributed by atoms with E-state index in [0.717, 1.165) is 41.5 Å². The summed E-state index contributed by atoms with van der Waals surface area (Å²) < 4.78 is 7.10. The van der Waals surface area contributed by atoms with Crippen LogP contribution >= 0.6 is 0 Å². The van der Waals surface area contributed by atoms with E-state index in [9.17, 15) is 15.3 Å². The smallest absolute Gasteiger partial charge is 0.165 e. The van der Waals surface area contributed by atoms with Crippen LogP contribution in [0.5, 0.6) is 11.5 Å². The zero-order chi connectivity index (χ0) is 19.7. The highest BCUT2D eigenvalue weighted by atomic mass is 16.5. The number of piperidine rings is 1. The van der Waals surface area contributed by atoms with Crippen molar-refractivity contribution in [1.82, 2.24) is 0 Å². The van der Waals surface area contributed by atoms with Crippen LogP contribution in [0, 0.1) is 5.41 Å². The maximum atomic E-state index is 12.3. The molecule has 1 aromatic carbocycles. The van der Waals surface area contributed by atoms with Crippen LogP contribution in [-0.4, -0.2) is 63.3 Å². The van der Waals surface area contributed by atoms with Gasteiger partial charge in [-0.25, -0.2) is 0 Å². The summed E-state index contributed by atoms with van der Waals surface area (Å²) in [6.45, 7) is 6.14. The molecule has 0 radical (unpaired) electrons. The molecule has 2 aliphatic heterocycles. The normalized spacial score (nSPS) is 48.8. The molecule has 6 atom stereocenters. The number of quaternary nitrogens is 1. The van der Waals surface area contributed by atoms with E-state index in [0.29, 0.717) is 11.2 Å². The number of phenols is 1. The second-order valence-electron chi connectivity index (χ2n) is 10.9. The number of hydrogen-bond donors (Lipinski definition) is 3. The van der Waals surface area contributed by atoms with Gasteiger partial charge in [-0.3, -0.25) is 0 Å². The number of aliphatic hydroxyl groups is 2. The summed E-state index contributed by atoms with van der Waals surface area (Å²) in [6.07, 6.45) is 7.03. The van der Waals surface area contributed by atoms with Crippen LogP contribution in [0.25, 0.3) is 0 Å². The summed E-state index contributed by atoms with van der Waals surface area (Å²) in [5.41, 5.74) is -0.527. The molecule has 3 N–H and O–H groups in total. The highest BCUT2D eigenvalue weighted by Gasteiger charge is 2.77. The Kier molecular flexibility index (Phi) is 2.85. The molecule has 150 valence electrons. The molecule has 1 saturated carbocycles. The Morgan fingerprint density at radius 1 is 1.14 bits per heavy atom. The third-order valence-corrected chi connectivity index (χ3v) is 8.81. The van der Waals surface area contributed by atoms with Crippen molar-refractivity contribution in [2.45, 2.75) is 68.3 Å². The van der Waals surface area contributed by atoms with Crippen molar-refractivity contribution in [2.75, 3.05) is 20.1 Å². The number of aromatic hydroxyl groups is 1. The molecule has 5 heteroatoms. The lowest BCUT2D eigenvalue weighted by Crippen LogP contribution is -2.81. The topological polar surface area (TPSA) is 69.9 Å². The van der Waals surface area contributed by atoms with Crippen LogP contribution in [0.15, 0.2) is 24.3 Å². The van der Waals surface area contributed by atoms with E-state index in [-0.39, 0.29) is 11.8 Å². The standard InChI is InChI=1S/C23H29NO4/c1-20(6-7-20)13-24(3)11-10-22-17-14-4-5-15(25)18(17)28-19(22)21(2,26)8-9-23(22,27)16(24)12-14/h4-5,8-9,16,19,26-27H,6-7,10-13H2,1-3H3/p+1. The summed E-state index contributed by atoms with van der Waals surface area (Å²) in [7, 11) is 2.30. The second-order valence-corrected chi connectivity index (χ2v) is 10.9. The van der Waals surface area contributed by atoms with Gasteiger partial charge in [0, 0.05) is 23.8 Å². The maximum Gasteiger partial charge on any atom is 0.165 e. The Bertz CT molecular complexity index is 935. The first-order valence-corrected chi connectivity index (χ1v) is 10.6. The fourth-order valence-corrected chi connectivity index (χ4v) is 7.25. The molecule has 0 aromatic heterocycles. The molecule has 5 nitrogen and oxygen atoms in total. The van der Waals surface area contributed by atoms with Gasteiger partial charge in [-0.2, -0.15) is 0 Å². The summed E-state index contributed by atoms with van der Waals surface area (Å²) in [6, 6.07) is 3.72. The molecule has 28 heavy (non-hydrogen) atoms. The lowest BCUT2D eigenvalue weighted by Gasteiger charge is -2.65. The minimum absolute atomic E-state index is 0.0140. The Balaban J connectivity index is 1.61. The molecule has 1 aromatic rings. The van der Waals surface area contributed by atoms with Crippen LogP contribution in [0.3, 0.4) is 0 Å². The largest absolute Gasteiger partial charge is 0.504 e. The van der Waals surface area contributed by atoms with Gasteiger partial charge in [0.1, 0.15) is 23.3 Å². The van der Waals surface area contributed by atoms with Gasteiger partial charge in [0.2, 0.25) is 0 Å². The van der Waals surface area contributed by atoms with Gasteiger partial charge >= 0.3 is 0 Å². The molecule has 0 amide bonds. The van der Waals surface area contributed by atoms with Crippen LogP contribution in [0.1, 0.15) is 44.2 Å². The summed E-state index contributed by atoms with van der Waals surface area (Å²) in [5.74, 6) is 0.570. The first kappa shape index (κ1) is 17.3. The van der Waals surface area contributed by atoms with Gasteiger partial charge in [-0.15, -0.1) is 0 Å². The third kappa shape index (κ3) is 1.76. The molecule has 1 spiro atoms. The number of ether oxygens (including phenoxy) is 1. The third-order valence-electron chi connectivity index (χ3n) is 8.81. The molecule has 5 aliphatic rings. The predicted octanol–water partition coefficient (Wildman–Crippen LogP) is 2.02. The zero-order valence-corrected chi connectivity index (χ0v) is 16.9. The Labute approximate surface area is 165 Å². The van der Waals surface area contributed by atoms with Crippen LogP contribution < -0.4 is 4.74 Å². The number of nitrogens with zero attached hydrogens (tertiary/aromatic N) is 1. The van der Waals surface area contributed by atoms with Gasteiger partial charge < -0.3 is 24.5 Å². The second kappa shape index (κ2) is 4.61. The molecule has 1 saturated heterocycles. The first-order valence-electron chi connectivity index (χ1n) is 10.6. The van der Waals surface area contributed by atoms with E-state index in [1.165, 1.54) is 12.8 Å². The Morgan fingerprint density at radius 3 is 2.61 bits per heavy atom. The molecule has 2 bridgehead atoms. The quantitative estimate of drug-likeness (QED) is 0.539. The number of benzene rings is 1. The van der Waals surface area contributed by atoms with Crippen LogP contribution in [0.2, 0.25) is 0 Å². The SMILES string of the molecule is CC1(C[N+]2(C)CCC34c5c6ccc(O)c5OC3C(C)(O)C=CC4(O)C2C6)CC1. The lowest BCUT2D eigenvalue weighted by atomic mass is 9.48. The average Bonchev–Trinajstić information content (AvgIpc) is 3.20. The van der Waals surface area contributed by atoms with Gasteiger partial charge in [0.05, 0.1) is 25.6 Å². The van der Waals surface area contributed by atoms with Crippen molar-refractivity contribution >= 4 is 0 Å². The molecule has 2 fully saturated rings. The molecule has 6 rings (SSSR count). The molecular formula is C23H30NO4+. The highest BCUT2D eigenvalue weighted by molar-refractivity contribution is 5.64. The molecule has 6 unspecified atom stereocenters. The van der Waals surface area contributed by atoms with E-state index in [4.69, 9.17) is 4.74 Å². The van der Waals surface area contributed by atoms with E-state index in [1.54, 1.807) is 19.1 Å². The van der Waals surface area contributed by atoms with E-state index in [2.05, 4.69) is 14.0 Å². The van der Waals surface area contributed by atoms with Crippen LogP contribution in [0.4, 0.5) is 0 Å². The summed E-state index contributed by atoms with van der Waals surface area (Å²) in [4.78, 5) is 0. The fourth-order valence-electron chi connectivity index (χ4n) is 7.25. The minimum Gasteiger partial charge on any atom is -0.504 e. The highest BCUT2D eigenvalue weighted by Crippen LogP contribution is 2.66. The van der Waals surface area contributed by atoms with Gasteiger partial charge in [0.25, 0.3) is 0 Å². The average molecular weight is 384 g/mol.